The predicted octanol–water partition coefficient (Wildman–Crippen LogP) is 3.10. The summed E-state index contributed by atoms with van der Waals surface area (Å²) in [6, 6.07) is 13.4. The highest BCUT2D eigenvalue weighted by Gasteiger charge is 2.45. The topological polar surface area (TPSA) is 70.2 Å². The molecule has 158 valence electrons. The van der Waals surface area contributed by atoms with Crippen LogP contribution in [-0.4, -0.2) is 41.6 Å². The van der Waals surface area contributed by atoms with Gasteiger partial charge in [0.05, 0.1) is 22.7 Å². The number of hydrogen-bond acceptors (Lipinski definition) is 5. The zero-order valence-electron chi connectivity index (χ0n) is 16.9. The second-order valence-electron chi connectivity index (χ2n) is 8.12. The number of fused-ring (bicyclic) bond motifs is 1. The molecule has 8 heteroatoms. The van der Waals surface area contributed by atoms with Crippen LogP contribution in [0.2, 0.25) is 0 Å². The van der Waals surface area contributed by atoms with E-state index in [9.17, 15) is 13.6 Å². The predicted molar refractivity (Wildman–Crippen MR) is 113 cm³/mol. The third-order valence-electron chi connectivity index (χ3n) is 5.99. The van der Waals surface area contributed by atoms with Crippen molar-refractivity contribution >= 4 is 17.5 Å². The third-order valence-corrected chi connectivity index (χ3v) is 5.99. The summed E-state index contributed by atoms with van der Waals surface area (Å²) in [5, 5.41) is 6.38. The molecule has 1 unspecified atom stereocenters. The number of nitrogens with zero attached hydrogens (tertiary/aromatic N) is 3. The van der Waals surface area contributed by atoms with Gasteiger partial charge in [-0.3, -0.25) is 4.79 Å². The fourth-order valence-corrected chi connectivity index (χ4v) is 4.17. The number of hydrogen-bond donors (Lipinski definition) is 2. The number of rotatable bonds is 4. The van der Waals surface area contributed by atoms with Crippen molar-refractivity contribution in [2.75, 3.05) is 29.9 Å². The number of nitrogens with one attached hydrogen (secondary N) is 2. The van der Waals surface area contributed by atoms with Gasteiger partial charge in [-0.2, -0.15) is 0 Å². The van der Waals surface area contributed by atoms with Crippen molar-refractivity contribution in [1.29, 1.82) is 0 Å². The van der Waals surface area contributed by atoms with Gasteiger partial charge in [0.25, 0.3) is 5.91 Å². The molecule has 1 fully saturated rings. The lowest BCUT2D eigenvalue weighted by atomic mass is 9.74. The normalized spacial score (nSPS) is 20.9. The molecule has 0 saturated carbocycles. The van der Waals surface area contributed by atoms with E-state index in [2.05, 4.69) is 20.6 Å². The van der Waals surface area contributed by atoms with Crippen LogP contribution in [0.15, 0.2) is 54.7 Å². The van der Waals surface area contributed by atoms with Crippen LogP contribution in [0, 0.1) is 11.6 Å². The molecule has 1 amide bonds. The van der Waals surface area contributed by atoms with Gasteiger partial charge < -0.3 is 15.5 Å². The molecule has 2 N–H and O–H groups in total. The number of benzene rings is 2. The van der Waals surface area contributed by atoms with Crippen molar-refractivity contribution in [3.8, 4) is 0 Å². The van der Waals surface area contributed by atoms with Crippen molar-refractivity contribution in [2.45, 2.75) is 18.4 Å². The van der Waals surface area contributed by atoms with Crippen molar-refractivity contribution in [3.63, 3.8) is 0 Å². The summed E-state index contributed by atoms with van der Waals surface area (Å²) < 4.78 is 29.2. The van der Waals surface area contributed by atoms with E-state index in [0.717, 1.165) is 19.2 Å². The molecule has 1 aromatic heterocycles. The van der Waals surface area contributed by atoms with Crippen molar-refractivity contribution < 1.29 is 13.6 Å². The van der Waals surface area contributed by atoms with Gasteiger partial charge in [0, 0.05) is 37.1 Å². The van der Waals surface area contributed by atoms with Gasteiger partial charge in [0.15, 0.2) is 11.6 Å². The van der Waals surface area contributed by atoms with Gasteiger partial charge in [-0.15, -0.1) is 0 Å². The van der Waals surface area contributed by atoms with E-state index in [0.29, 0.717) is 17.3 Å². The van der Waals surface area contributed by atoms with Crippen LogP contribution < -0.4 is 15.5 Å². The van der Waals surface area contributed by atoms with Gasteiger partial charge in [0.2, 0.25) is 5.95 Å². The zero-order valence-corrected chi connectivity index (χ0v) is 16.9. The van der Waals surface area contributed by atoms with Crippen molar-refractivity contribution in [1.82, 2.24) is 15.3 Å². The van der Waals surface area contributed by atoms with Crippen LogP contribution in [0.5, 0.6) is 0 Å². The first-order valence-corrected chi connectivity index (χ1v) is 10.1. The molecule has 1 saturated heterocycles. The minimum Gasteiger partial charge on any atom is -0.349 e. The molecule has 6 nitrogen and oxygen atoms in total. The van der Waals surface area contributed by atoms with E-state index in [1.807, 2.05) is 30.3 Å². The minimum absolute atomic E-state index is 0.116. The summed E-state index contributed by atoms with van der Waals surface area (Å²) in [4.78, 5) is 23.9. The van der Waals surface area contributed by atoms with Gasteiger partial charge in [-0.1, -0.05) is 30.3 Å². The van der Waals surface area contributed by atoms with E-state index in [4.69, 9.17) is 0 Å². The molecule has 0 aliphatic carbocycles. The molecule has 0 radical (unpaired) electrons. The van der Waals surface area contributed by atoms with Crippen LogP contribution in [0.1, 0.15) is 28.5 Å². The number of carbonyl (C=O) groups excluding carboxylic acids is 1. The molecule has 0 spiro atoms. The van der Waals surface area contributed by atoms with Crippen LogP contribution >= 0.6 is 0 Å². The average Bonchev–Trinajstić information content (AvgIpc) is 2.76. The lowest BCUT2D eigenvalue weighted by Gasteiger charge is -2.41. The maximum absolute atomic E-state index is 15.0. The summed E-state index contributed by atoms with van der Waals surface area (Å²) in [6.07, 6.45) is 1.48. The van der Waals surface area contributed by atoms with Crippen molar-refractivity contribution in [3.05, 3.63) is 83.2 Å². The van der Waals surface area contributed by atoms with Crippen LogP contribution in [0.3, 0.4) is 0 Å². The molecule has 3 heterocycles. The Kier molecular flexibility index (Phi) is 4.66. The summed E-state index contributed by atoms with van der Waals surface area (Å²) >= 11 is 0. The zero-order chi connectivity index (χ0) is 21.6. The Hall–Kier alpha value is -3.39. The Labute approximate surface area is 178 Å². The minimum atomic E-state index is -1.08. The summed E-state index contributed by atoms with van der Waals surface area (Å²) in [6.45, 7) is 3.48. The second-order valence-corrected chi connectivity index (χ2v) is 8.12. The summed E-state index contributed by atoms with van der Waals surface area (Å²) in [7, 11) is 0. The van der Waals surface area contributed by atoms with E-state index in [-0.39, 0.29) is 29.6 Å². The molecular formula is C23H21F2N5O. The fourth-order valence-electron chi connectivity index (χ4n) is 4.17. The number of aromatic nitrogens is 2. The molecule has 31 heavy (non-hydrogen) atoms. The maximum Gasteiger partial charge on any atom is 0.261 e. The largest absolute Gasteiger partial charge is 0.349 e. The van der Waals surface area contributed by atoms with Gasteiger partial charge in [0.1, 0.15) is 0 Å². The fraction of sp³-hybridized carbons (Fsp3) is 0.261. The highest BCUT2D eigenvalue weighted by Crippen LogP contribution is 2.41. The lowest BCUT2D eigenvalue weighted by molar-refractivity contribution is 0.0969. The van der Waals surface area contributed by atoms with Crippen molar-refractivity contribution in [2.24, 2.45) is 0 Å². The average molecular weight is 421 g/mol. The number of halogens is 2. The lowest BCUT2D eigenvalue weighted by Crippen LogP contribution is -2.52. The molecule has 3 aromatic rings. The molecule has 5 rings (SSSR count). The van der Waals surface area contributed by atoms with Gasteiger partial charge >= 0.3 is 0 Å². The Morgan fingerprint density at radius 1 is 1.13 bits per heavy atom. The van der Waals surface area contributed by atoms with Gasteiger partial charge in [-0.25, -0.2) is 18.7 Å². The SMILES string of the molecule is CC1(c2cccc(F)c2F)CN(c2ccccc2)C(=O)c2cnc(NC3CNC3)nc21. The number of carbonyl (C=O) groups is 1. The monoisotopic (exact) mass is 421 g/mol. The smallest absolute Gasteiger partial charge is 0.261 e. The first-order chi connectivity index (χ1) is 15.0. The summed E-state index contributed by atoms with van der Waals surface area (Å²) in [5.41, 5.74) is 0.404. The summed E-state index contributed by atoms with van der Waals surface area (Å²) in [5.74, 6) is -1.77. The first kappa shape index (κ1) is 19.6. The molecule has 0 bridgehead atoms. The van der Waals surface area contributed by atoms with Crippen LogP contribution in [0.25, 0.3) is 0 Å². The Balaban J connectivity index is 1.68. The second kappa shape index (κ2) is 7.39. The first-order valence-electron chi connectivity index (χ1n) is 10.1. The number of amides is 1. The van der Waals surface area contributed by atoms with Crippen LogP contribution in [-0.2, 0) is 5.41 Å². The maximum atomic E-state index is 15.0. The number of anilines is 2. The van der Waals surface area contributed by atoms with E-state index >= 15 is 0 Å². The Morgan fingerprint density at radius 3 is 2.61 bits per heavy atom. The molecule has 1 atom stereocenters. The van der Waals surface area contributed by atoms with E-state index < -0.39 is 17.0 Å². The highest BCUT2D eigenvalue weighted by atomic mass is 19.2. The third kappa shape index (κ3) is 3.23. The molecule has 2 aromatic carbocycles. The Morgan fingerprint density at radius 2 is 1.90 bits per heavy atom. The highest BCUT2D eigenvalue weighted by molar-refractivity contribution is 6.08. The quantitative estimate of drug-likeness (QED) is 0.678. The van der Waals surface area contributed by atoms with E-state index in [1.54, 1.807) is 17.9 Å². The molecule has 2 aliphatic heterocycles. The van der Waals surface area contributed by atoms with E-state index in [1.165, 1.54) is 12.3 Å². The van der Waals surface area contributed by atoms with Gasteiger partial charge in [-0.05, 0) is 25.1 Å². The Bertz CT molecular complexity index is 1150. The number of para-hydroxylation sites is 1. The van der Waals surface area contributed by atoms with Crippen LogP contribution in [0.4, 0.5) is 20.4 Å². The standard InChI is InChI=1S/C23H21F2N5O/c1-23(17-8-5-9-18(24)19(17)25)13-30(15-6-3-2-4-7-15)21(31)16-12-27-22(29-20(16)23)28-14-10-26-11-14/h2-9,12,14,26H,10-11,13H2,1H3,(H,27,28,29). The molecular weight excluding hydrogens is 400 g/mol. The molecule has 2 aliphatic rings.